The van der Waals surface area contributed by atoms with Crippen LogP contribution in [-0.2, 0) is 13.0 Å². The largest absolute Gasteiger partial charge is 0.391 e. The number of aliphatic hydroxyl groups excluding tert-OH is 1. The maximum atomic E-state index is 12.4. The van der Waals surface area contributed by atoms with E-state index in [1.807, 2.05) is 6.92 Å². The third-order valence-electron chi connectivity index (χ3n) is 5.84. The van der Waals surface area contributed by atoms with Crippen LogP contribution in [0.2, 0.25) is 0 Å². The summed E-state index contributed by atoms with van der Waals surface area (Å²) in [6.45, 7) is 8.08. The number of benzene rings is 1. The van der Waals surface area contributed by atoms with Crippen molar-refractivity contribution in [2.45, 2.75) is 51.8 Å². The smallest absolute Gasteiger partial charge is 0.317 e. The summed E-state index contributed by atoms with van der Waals surface area (Å²) in [6, 6.07) is 8.96. The Hall–Kier alpha value is -1.59. The molecule has 2 amide bonds. The first-order valence-electron chi connectivity index (χ1n) is 9.60. The Bertz CT molecular complexity index is 592. The molecule has 1 aromatic rings. The molecule has 0 aliphatic carbocycles. The first-order valence-corrected chi connectivity index (χ1v) is 9.60. The van der Waals surface area contributed by atoms with E-state index in [2.05, 4.69) is 41.4 Å². The molecule has 2 aliphatic rings. The van der Waals surface area contributed by atoms with Crippen LogP contribution >= 0.6 is 0 Å². The van der Waals surface area contributed by atoms with Crippen LogP contribution < -0.4 is 5.32 Å². The molecule has 0 spiro atoms. The van der Waals surface area contributed by atoms with Crippen LogP contribution in [0.3, 0.4) is 0 Å². The van der Waals surface area contributed by atoms with Crippen molar-refractivity contribution in [2.75, 3.05) is 26.2 Å². The number of aliphatic hydroxyl groups is 1. The van der Waals surface area contributed by atoms with Crippen molar-refractivity contribution in [3.63, 3.8) is 0 Å². The van der Waals surface area contributed by atoms with Crippen LogP contribution in [0, 0.1) is 5.92 Å². The van der Waals surface area contributed by atoms with Crippen molar-refractivity contribution >= 4 is 6.03 Å². The minimum atomic E-state index is -0.403. The number of carbonyl (C=O) groups is 1. The van der Waals surface area contributed by atoms with Gasteiger partial charge in [0.2, 0.25) is 0 Å². The average Bonchev–Trinajstić information content (AvgIpc) is 2.64. The zero-order valence-corrected chi connectivity index (χ0v) is 15.4. The molecule has 5 heteroatoms. The van der Waals surface area contributed by atoms with Gasteiger partial charge in [0.15, 0.2) is 0 Å². The molecule has 3 atom stereocenters. The molecule has 1 fully saturated rings. The average molecular weight is 345 g/mol. The fraction of sp³-hybridized carbons (Fsp3) is 0.650. The maximum Gasteiger partial charge on any atom is 0.317 e. The van der Waals surface area contributed by atoms with Gasteiger partial charge in [-0.1, -0.05) is 38.1 Å². The van der Waals surface area contributed by atoms with Gasteiger partial charge in [0, 0.05) is 38.8 Å². The van der Waals surface area contributed by atoms with Gasteiger partial charge in [-0.25, -0.2) is 4.79 Å². The van der Waals surface area contributed by atoms with Gasteiger partial charge in [0.25, 0.3) is 0 Å². The van der Waals surface area contributed by atoms with Gasteiger partial charge in [0.05, 0.1) is 6.10 Å². The predicted octanol–water partition coefficient (Wildman–Crippen LogP) is 2.24. The van der Waals surface area contributed by atoms with Gasteiger partial charge in [0.1, 0.15) is 0 Å². The number of amides is 2. The molecule has 0 saturated carbocycles. The molecule has 1 saturated heterocycles. The van der Waals surface area contributed by atoms with Gasteiger partial charge in [-0.3, -0.25) is 4.90 Å². The van der Waals surface area contributed by atoms with Crippen LogP contribution in [0.25, 0.3) is 0 Å². The van der Waals surface area contributed by atoms with Crippen molar-refractivity contribution in [1.29, 1.82) is 0 Å². The zero-order valence-electron chi connectivity index (χ0n) is 15.4. The summed E-state index contributed by atoms with van der Waals surface area (Å²) in [5.41, 5.74) is 2.86. The van der Waals surface area contributed by atoms with E-state index >= 15 is 0 Å². The SMILES string of the molecule is CCC(CNC(=O)N1CCC(C)C(O)C1)N1CCc2ccccc2C1. The summed E-state index contributed by atoms with van der Waals surface area (Å²) < 4.78 is 0. The molecular formula is C20H31N3O2. The number of nitrogens with zero attached hydrogens (tertiary/aromatic N) is 2. The number of hydrogen-bond donors (Lipinski definition) is 2. The fourth-order valence-corrected chi connectivity index (χ4v) is 3.91. The Morgan fingerprint density at radius 1 is 1.32 bits per heavy atom. The van der Waals surface area contributed by atoms with E-state index in [1.54, 1.807) is 4.90 Å². The lowest BCUT2D eigenvalue weighted by Crippen LogP contribution is -2.52. The second-order valence-electron chi connectivity index (χ2n) is 7.52. The van der Waals surface area contributed by atoms with E-state index in [0.29, 0.717) is 19.1 Å². The Balaban J connectivity index is 1.52. The summed E-state index contributed by atoms with van der Waals surface area (Å²) in [5, 5.41) is 13.1. The van der Waals surface area contributed by atoms with Gasteiger partial charge < -0.3 is 15.3 Å². The molecular weight excluding hydrogens is 314 g/mol. The molecule has 2 heterocycles. The molecule has 2 aliphatic heterocycles. The summed E-state index contributed by atoms with van der Waals surface area (Å²) in [4.78, 5) is 16.7. The molecule has 0 radical (unpaired) electrons. The Labute approximate surface area is 151 Å². The van der Waals surface area contributed by atoms with Gasteiger partial charge in [-0.15, -0.1) is 0 Å². The molecule has 5 nitrogen and oxygen atoms in total. The highest BCUT2D eigenvalue weighted by Crippen LogP contribution is 2.21. The Morgan fingerprint density at radius 3 is 2.80 bits per heavy atom. The summed E-state index contributed by atoms with van der Waals surface area (Å²) in [7, 11) is 0. The first-order chi connectivity index (χ1) is 12.1. The highest BCUT2D eigenvalue weighted by Gasteiger charge is 2.28. The number of nitrogens with one attached hydrogen (secondary N) is 1. The minimum Gasteiger partial charge on any atom is -0.391 e. The quantitative estimate of drug-likeness (QED) is 0.880. The normalized spacial score (nSPS) is 25.3. The monoisotopic (exact) mass is 345 g/mol. The lowest BCUT2D eigenvalue weighted by atomic mass is 9.96. The van der Waals surface area contributed by atoms with Crippen LogP contribution in [0.1, 0.15) is 37.8 Å². The van der Waals surface area contributed by atoms with Crippen LogP contribution in [0.15, 0.2) is 24.3 Å². The molecule has 1 aromatic carbocycles. The molecule has 0 bridgehead atoms. The van der Waals surface area contributed by atoms with Crippen molar-refractivity contribution in [2.24, 2.45) is 5.92 Å². The maximum absolute atomic E-state index is 12.4. The van der Waals surface area contributed by atoms with Crippen LogP contribution in [0.4, 0.5) is 4.79 Å². The highest BCUT2D eigenvalue weighted by atomic mass is 16.3. The molecule has 2 N–H and O–H groups in total. The number of rotatable bonds is 4. The fourth-order valence-electron chi connectivity index (χ4n) is 3.91. The van der Waals surface area contributed by atoms with E-state index < -0.39 is 6.10 Å². The van der Waals surface area contributed by atoms with Crippen molar-refractivity contribution in [3.05, 3.63) is 35.4 Å². The second kappa shape index (κ2) is 8.19. The number of urea groups is 1. The zero-order chi connectivity index (χ0) is 17.8. The molecule has 25 heavy (non-hydrogen) atoms. The first kappa shape index (κ1) is 18.2. The Morgan fingerprint density at radius 2 is 2.08 bits per heavy atom. The van der Waals surface area contributed by atoms with E-state index in [0.717, 1.165) is 38.9 Å². The number of piperidine rings is 1. The van der Waals surface area contributed by atoms with Crippen molar-refractivity contribution < 1.29 is 9.90 Å². The van der Waals surface area contributed by atoms with E-state index in [-0.39, 0.29) is 11.9 Å². The van der Waals surface area contributed by atoms with E-state index in [4.69, 9.17) is 0 Å². The van der Waals surface area contributed by atoms with Gasteiger partial charge in [-0.05, 0) is 36.3 Å². The lowest BCUT2D eigenvalue weighted by molar-refractivity contribution is 0.0430. The molecule has 0 aromatic heterocycles. The molecule has 3 rings (SSSR count). The number of fused-ring (bicyclic) bond motifs is 1. The summed E-state index contributed by atoms with van der Waals surface area (Å²) >= 11 is 0. The number of β-amino-alcohol motifs (C(OH)–C–C–N with tert-alkyl or cyclic N) is 1. The number of likely N-dealkylation sites (tertiary alicyclic amines) is 1. The third-order valence-corrected chi connectivity index (χ3v) is 5.84. The third kappa shape index (κ3) is 4.33. The van der Waals surface area contributed by atoms with Gasteiger partial charge in [-0.2, -0.15) is 0 Å². The van der Waals surface area contributed by atoms with Crippen molar-refractivity contribution in [1.82, 2.24) is 15.1 Å². The standard InChI is InChI=1S/C20H31N3O2/c1-3-18(22-11-9-16-6-4-5-7-17(16)13-22)12-21-20(25)23-10-8-15(2)19(24)14-23/h4-7,15,18-19,24H,3,8-14H2,1-2H3,(H,21,25). The second-order valence-corrected chi connectivity index (χ2v) is 7.52. The Kier molecular flexibility index (Phi) is 5.97. The van der Waals surface area contributed by atoms with Crippen LogP contribution in [0.5, 0.6) is 0 Å². The topological polar surface area (TPSA) is 55.8 Å². The number of carbonyl (C=O) groups excluding carboxylic acids is 1. The molecule has 3 unspecified atom stereocenters. The summed E-state index contributed by atoms with van der Waals surface area (Å²) in [5.74, 6) is 0.279. The molecule has 138 valence electrons. The van der Waals surface area contributed by atoms with Gasteiger partial charge >= 0.3 is 6.03 Å². The summed E-state index contributed by atoms with van der Waals surface area (Å²) in [6.07, 6.45) is 2.56. The number of hydrogen-bond acceptors (Lipinski definition) is 3. The minimum absolute atomic E-state index is 0.0400. The highest BCUT2D eigenvalue weighted by molar-refractivity contribution is 5.74. The van der Waals surface area contributed by atoms with E-state index in [1.165, 1.54) is 11.1 Å². The van der Waals surface area contributed by atoms with Crippen molar-refractivity contribution in [3.8, 4) is 0 Å². The predicted molar refractivity (Wildman–Crippen MR) is 99.4 cm³/mol. The lowest BCUT2D eigenvalue weighted by Gasteiger charge is -2.37. The van der Waals surface area contributed by atoms with Crippen LogP contribution in [-0.4, -0.2) is 59.3 Å². The van der Waals surface area contributed by atoms with E-state index in [9.17, 15) is 9.90 Å².